The van der Waals surface area contributed by atoms with Crippen molar-refractivity contribution in [2.45, 2.75) is 45.7 Å². The summed E-state index contributed by atoms with van der Waals surface area (Å²) in [5, 5.41) is 2.69. The van der Waals surface area contributed by atoms with Gasteiger partial charge in [0.1, 0.15) is 5.54 Å². The zero-order valence-corrected chi connectivity index (χ0v) is 15.6. The molecule has 1 aromatic carbocycles. The second-order valence-corrected chi connectivity index (χ2v) is 6.70. The summed E-state index contributed by atoms with van der Waals surface area (Å²) in [5.41, 5.74) is 1.55. The number of rotatable bonds is 6. The molecule has 0 saturated carbocycles. The highest BCUT2D eigenvalue weighted by atomic mass is 16.5. The van der Waals surface area contributed by atoms with E-state index in [0.717, 1.165) is 10.4 Å². The number of imide groups is 1. The van der Waals surface area contributed by atoms with E-state index in [1.807, 2.05) is 24.3 Å². The van der Waals surface area contributed by atoms with Crippen LogP contribution in [-0.2, 0) is 20.9 Å². The Morgan fingerprint density at radius 1 is 1.22 bits per heavy atom. The maximum atomic E-state index is 12.8. The molecule has 1 saturated heterocycles. The summed E-state index contributed by atoms with van der Waals surface area (Å²) in [6.45, 7) is 5.44. The lowest BCUT2D eigenvalue weighted by Crippen LogP contribution is -2.44. The van der Waals surface area contributed by atoms with Crippen LogP contribution in [0.1, 0.15) is 38.1 Å². The molecule has 0 spiro atoms. The van der Waals surface area contributed by atoms with Gasteiger partial charge in [0.25, 0.3) is 5.91 Å². The number of benzene rings is 1. The highest BCUT2D eigenvalue weighted by Gasteiger charge is 2.47. The van der Waals surface area contributed by atoms with Gasteiger partial charge in [0.15, 0.2) is 0 Å². The van der Waals surface area contributed by atoms with Crippen molar-refractivity contribution in [2.24, 2.45) is 0 Å². The first kappa shape index (κ1) is 18.8. The highest BCUT2D eigenvalue weighted by molar-refractivity contribution is 6.06. The molecule has 142 valence electrons. The van der Waals surface area contributed by atoms with Crippen LogP contribution in [0.2, 0.25) is 0 Å². The van der Waals surface area contributed by atoms with Crippen LogP contribution in [0, 0.1) is 6.92 Å². The number of hydrogen-bond acceptors (Lipinski definition) is 6. The van der Waals surface area contributed by atoms with E-state index >= 15 is 0 Å². The lowest BCUT2D eigenvalue weighted by Gasteiger charge is -2.21. The van der Waals surface area contributed by atoms with E-state index in [-0.39, 0.29) is 31.9 Å². The number of amides is 3. The average Bonchev–Trinajstić information content (AvgIpc) is 2.84. The number of aromatic nitrogens is 2. The van der Waals surface area contributed by atoms with Crippen molar-refractivity contribution in [1.82, 2.24) is 20.2 Å². The van der Waals surface area contributed by atoms with Gasteiger partial charge >= 0.3 is 12.0 Å². The third kappa shape index (κ3) is 3.74. The van der Waals surface area contributed by atoms with Gasteiger partial charge in [-0.15, -0.1) is 0 Å². The van der Waals surface area contributed by atoms with Crippen LogP contribution in [0.5, 0.6) is 0 Å². The lowest BCUT2D eigenvalue weighted by molar-refractivity contribution is -0.143. The molecule has 8 nitrogen and oxygen atoms in total. The predicted octanol–water partition coefficient (Wildman–Crippen LogP) is 2.09. The van der Waals surface area contributed by atoms with Crippen LogP contribution in [0.15, 0.2) is 24.3 Å². The third-order valence-electron chi connectivity index (χ3n) is 4.63. The number of nitrogens with one attached hydrogen (secondary N) is 1. The van der Waals surface area contributed by atoms with E-state index in [2.05, 4.69) is 15.3 Å². The summed E-state index contributed by atoms with van der Waals surface area (Å²) < 4.78 is 4.89. The van der Waals surface area contributed by atoms with Gasteiger partial charge in [-0.25, -0.2) is 14.8 Å². The largest absolute Gasteiger partial charge is 0.466 e. The summed E-state index contributed by atoms with van der Waals surface area (Å²) in [6, 6.07) is 6.93. The van der Waals surface area contributed by atoms with Gasteiger partial charge in [-0.2, -0.15) is 0 Å². The van der Waals surface area contributed by atoms with Gasteiger partial charge in [-0.1, -0.05) is 12.1 Å². The molecule has 1 aliphatic rings. The number of esters is 1. The second kappa shape index (κ2) is 7.30. The van der Waals surface area contributed by atoms with Crippen LogP contribution in [0.3, 0.4) is 0 Å². The van der Waals surface area contributed by atoms with Crippen molar-refractivity contribution in [1.29, 1.82) is 0 Å². The van der Waals surface area contributed by atoms with Crippen molar-refractivity contribution in [3.05, 3.63) is 35.7 Å². The second-order valence-electron chi connectivity index (χ2n) is 6.70. The van der Waals surface area contributed by atoms with Gasteiger partial charge in [0, 0.05) is 6.42 Å². The van der Waals surface area contributed by atoms with Crippen LogP contribution in [-0.4, -0.2) is 44.9 Å². The van der Waals surface area contributed by atoms with Gasteiger partial charge in [0.05, 0.1) is 35.6 Å². The maximum Gasteiger partial charge on any atom is 0.325 e. The molecule has 1 aromatic heterocycles. The van der Waals surface area contributed by atoms with Crippen LogP contribution in [0.25, 0.3) is 11.0 Å². The van der Waals surface area contributed by atoms with Crippen LogP contribution < -0.4 is 5.32 Å². The fourth-order valence-electron chi connectivity index (χ4n) is 3.07. The van der Waals surface area contributed by atoms with Gasteiger partial charge in [-0.3, -0.25) is 14.5 Å². The number of hydrogen-bond donors (Lipinski definition) is 1. The van der Waals surface area contributed by atoms with E-state index in [9.17, 15) is 14.4 Å². The quantitative estimate of drug-likeness (QED) is 0.617. The van der Waals surface area contributed by atoms with Crippen molar-refractivity contribution < 1.29 is 19.1 Å². The Morgan fingerprint density at radius 2 is 1.89 bits per heavy atom. The summed E-state index contributed by atoms with van der Waals surface area (Å²) in [5.74, 6) is -0.776. The molecule has 1 N–H and O–H groups in total. The zero-order chi connectivity index (χ0) is 19.6. The Balaban J connectivity index is 1.77. The topological polar surface area (TPSA) is 101 Å². The molecule has 0 bridgehead atoms. The van der Waals surface area contributed by atoms with Crippen molar-refractivity contribution in [2.75, 3.05) is 6.61 Å². The molecule has 2 aromatic rings. The number of nitrogens with zero attached hydrogens (tertiary/aromatic N) is 3. The Kier molecular flexibility index (Phi) is 5.07. The van der Waals surface area contributed by atoms with Crippen molar-refractivity contribution in [3.63, 3.8) is 0 Å². The Bertz CT molecular complexity index is 914. The number of para-hydroxylation sites is 2. The smallest absolute Gasteiger partial charge is 0.325 e. The summed E-state index contributed by atoms with van der Waals surface area (Å²) in [4.78, 5) is 47.0. The van der Waals surface area contributed by atoms with Crippen LogP contribution in [0.4, 0.5) is 4.79 Å². The van der Waals surface area contributed by atoms with Gasteiger partial charge in [0.2, 0.25) is 0 Å². The summed E-state index contributed by atoms with van der Waals surface area (Å²) in [6.07, 6.45) is 0.230. The Labute approximate surface area is 156 Å². The molecule has 1 atom stereocenters. The SMILES string of the molecule is CCOC(=O)CCC1(C)NC(=O)N(Cc2nc3ccccc3nc2C)C1=O. The molecule has 1 aliphatic heterocycles. The predicted molar refractivity (Wildman–Crippen MR) is 97.6 cm³/mol. The molecule has 2 heterocycles. The monoisotopic (exact) mass is 370 g/mol. The molecular weight excluding hydrogens is 348 g/mol. The molecule has 3 amide bonds. The normalized spacial score (nSPS) is 19.4. The first-order chi connectivity index (χ1) is 12.8. The minimum absolute atomic E-state index is 0.0311. The first-order valence-corrected chi connectivity index (χ1v) is 8.86. The summed E-state index contributed by atoms with van der Waals surface area (Å²) >= 11 is 0. The number of urea groups is 1. The molecule has 0 radical (unpaired) electrons. The third-order valence-corrected chi connectivity index (χ3v) is 4.63. The van der Waals surface area contributed by atoms with E-state index in [0.29, 0.717) is 16.9 Å². The number of aryl methyl sites for hydroxylation is 1. The molecule has 3 rings (SSSR count). The summed E-state index contributed by atoms with van der Waals surface area (Å²) in [7, 11) is 0. The standard InChI is InChI=1S/C19H22N4O4/c1-4-27-16(24)9-10-19(3)17(25)23(18(26)22-19)11-15-12(2)20-13-7-5-6-8-14(13)21-15/h5-8H,4,9-11H2,1-3H3,(H,22,26). The molecular formula is C19H22N4O4. The minimum atomic E-state index is -1.14. The van der Waals surface area contributed by atoms with E-state index in [1.165, 1.54) is 0 Å². The number of carbonyl (C=O) groups excluding carboxylic acids is 3. The first-order valence-electron chi connectivity index (χ1n) is 8.86. The number of ether oxygens (including phenoxy) is 1. The van der Waals surface area contributed by atoms with Gasteiger partial charge in [-0.05, 0) is 39.3 Å². The van der Waals surface area contributed by atoms with Crippen molar-refractivity contribution >= 4 is 28.9 Å². The zero-order valence-electron chi connectivity index (χ0n) is 15.6. The van der Waals surface area contributed by atoms with E-state index in [4.69, 9.17) is 4.74 Å². The van der Waals surface area contributed by atoms with Crippen LogP contribution >= 0.6 is 0 Å². The molecule has 1 unspecified atom stereocenters. The average molecular weight is 370 g/mol. The highest BCUT2D eigenvalue weighted by Crippen LogP contribution is 2.25. The number of fused-ring (bicyclic) bond motifs is 1. The molecule has 1 fully saturated rings. The van der Waals surface area contributed by atoms with Crippen molar-refractivity contribution in [3.8, 4) is 0 Å². The fourth-order valence-corrected chi connectivity index (χ4v) is 3.07. The number of carbonyl (C=O) groups is 3. The maximum absolute atomic E-state index is 12.8. The Morgan fingerprint density at radius 3 is 2.56 bits per heavy atom. The van der Waals surface area contributed by atoms with E-state index in [1.54, 1.807) is 20.8 Å². The van der Waals surface area contributed by atoms with Gasteiger partial charge < -0.3 is 10.1 Å². The molecule has 27 heavy (non-hydrogen) atoms. The lowest BCUT2D eigenvalue weighted by atomic mass is 9.96. The Hall–Kier alpha value is -3.03. The molecule has 8 heteroatoms. The van der Waals surface area contributed by atoms with E-state index < -0.39 is 17.5 Å². The fraction of sp³-hybridized carbons (Fsp3) is 0.421. The molecule has 0 aliphatic carbocycles. The minimum Gasteiger partial charge on any atom is -0.466 e.